The molecule has 5 heteroatoms. The molecular weight excluding hydrogens is 244 g/mol. The van der Waals surface area contributed by atoms with Crippen LogP contribution in [0.3, 0.4) is 0 Å². The summed E-state index contributed by atoms with van der Waals surface area (Å²) in [4.78, 5) is 24.1. The summed E-state index contributed by atoms with van der Waals surface area (Å²) in [6.07, 6.45) is 6.02. The lowest BCUT2D eigenvalue weighted by molar-refractivity contribution is -0.138. The molecule has 108 valence electrons. The molecule has 0 saturated carbocycles. The molecule has 1 atom stereocenters. The summed E-state index contributed by atoms with van der Waals surface area (Å²) in [5.74, 6) is 1.93. The maximum atomic E-state index is 11.8. The Labute approximate surface area is 115 Å². The van der Waals surface area contributed by atoms with E-state index in [1.165, 1.54) is 4.90 Å². The van der Waals surface area contributed by atoms with Gasteiger partial charge in [-0.1, -0.05) is 19.8 Å². The molecule has 0 spiro atoms. The number of rotatable bonds is 8. The molecule has 0 aliphatic heterocycles. The SMILES string of the molecule is C#CCN(CC)C(=O)NC[C@H](CC(=O)O)CC(C)C. The van der Waals surface area contributed by atoms with Crippen LogP contribution in [0.4, 0.5) is 4.79 Å². The van der Waals surface area contributed by atoms with Gasteiger partial charge in [-0.2, -0.15) is 0 Å². The molecule has 0 aromatic heterocycles. The van der Waals surface area contributed by atoms with Crippen LogP contribution in [0.5, 0.6) is 0 Å². The third-order valence-electron chi connectivity index (χ3n) is 2.76. The van der Waals surface area contributed by atoms with Gasteiger partial charge in [0.25, 0.3) is 0 Å². The van der Waals surface area contributed by atoms with Gasteiger partial charge in [-0.15, -0.1) is 6.42 Å². The third kappa shape index (κ3) is 8.09. The van der Waals surface area contributed by atoms with Gasteiger partial charge in [-0.3, -0.25) is 4.79 Å². The van der Waals surface area contributed by atoms with Crippen LogP contribution in [-0.4, -0.2) is 41.6 Å². The number of nitrogens with one attached hydrogen (secondary N) is 1. The fraction of sp³-hybridized carbons (Fsp3) is 0.714. The summed E-state index contributed by atoms with van der Waals surface area (Å²) in [6.45, 7) is 7.07. The lowest BCUT2D eigenvalue weighted by atomic mass is 9.94. The quantitative estimate of drug-likeness (QED) is 0.659. The van der Waals surface area contributed by atoms with E-state index in [-0.39, 0.29) is 24.9 Å². The molecule has 0 bridgehead atoms. The standard InChI is InChI=1S/C14H24N2O3/c1-5-7-16(6-2)14(19)15-10-12(8-11(3)4)9-13(17)18/h1,11-12H,6-10H2,2-4H3,(H,15,19)(H,17,18)/t12-/m0/s1. The number of carboxylic acids is 1. The van der Waals surface area contributed by atoms with Crippen LogP contribution in [0.15, 0.2) is 0 Å². The van der Waals surface area contributed by atoms with Crippen molar-refractivity contribution < 1.29 is 14.7 Å². The van der Waals surface area contributed by atoms with Gasteiger partial charge in [0.15, 0.2) is 0 Å². The fourth-order valence-corrected chi connectivity index (χ4v) is 1.93. The third-order valence-corrected chi connectivity index (χ3v) is 2.76. The van der Waals surface area contributed by atoms with Gasteiger partial charge < -0.3 is 15.3 Å². The van der Waals surface area contributed by atoms with E-state index in [4.69, 9.17) is 11.5 Å². The molecule has 2 amide bonds. The highest BCUT2D eigenvalue weighted by Crippen LogP contribution is 2.14. The predicted octanol–water partition coefficient (Wildman–Crippen LogP) is 1.79. The van der Waals surface area contributed by atoms with Crippen LogP contribution in [0.2, 0.25) is 0 Å². The van der Waals surface area contributed by atoms with Crippen molar-refractivity contribution in [3.63, 3.8) is 0 Å². The number of terminal acetylenes is 1. The normalized spacial score (nSPS) is 11.7. The van der Waals surface area contributed by atoms with Gasteiger partial charge >= 0.3 is 12.0 Å². The highest BCUT2D eigenvalue weighted by molar-refractivity contribution is 5.74. The number of aliphatic carboxylic acids is 1. The number of nitrogens with zero attached hydrogens (tertiary/aromatic N) is 1. The molecule has 19 heavy (non-hydrogen) atoms. The molecule has 0 aliphatic rings. The lowest BCUT2D eigenvalue weighted by Crippen LogP contribution is -2.42. The number of carbonyl (C=O) groups excluding carboxylic acids is 1. The summed E-state index contributed by atoms with van der Waals surface area (Å²) in [7, 11) is 0. The Kier molecular flexibility index (Phi) is 8.43. The van der Waals surface area contributed by atoms with Crippen LogP contribution >= 0.6 is 0 Å². The lowest BCUT2D eigenvalue weighted by Gasteiger charge is -2.22. The Balaban J connectivity index is 4.33. The Morgan fingerprint density at radius 1 is 1.42 bits per heavy atom. The summed E-state index contributed by atoms with van der Waals surface area (Å²) in [5.41, 5.74) is 0. The first kappa shape index (κ1) is 17.3. The molecule has 0 saturated heterocycles. The Morgan fingerprint density at radius 3 is 2.47 bits per heavy atom. The van der Waals surface area contributed by atoms with E-state index < -0.39 is 5.97 Å². The van der Waals surface area contributed by atoms with Crippen LogP contribution < -0.4 is 5.32 Å². The van der Waals surface area contributed by atoms with E-state index in [1.807, 2.05) is 20.8 Å². The zero-order valence-corrected chi connectivity index (χ0v) is 12.0. The van der Waals surface area contributed by atoms with Gasteiger partial charge in [-0.25, -0.2) is 4.79 Å². The number of carboxylic acid groups (broad SMARTS) is 1. The second-order valence-electron chi connectivity index (χ2n) is 5.00. The van der Waals surface area contributed by atoms with Crippen molar-refractivity contribution in [1.29, 1.82) is 0 Å². The number of urea groups is 1. The van der Waals surface area contributed by atoms with Crippen LogP contribution in [0.1, 0.15) is 33.6 Å². The smallest absolute Gasteiger partial charge is 0.318 e. The minimum atomic E-state index is -0.837. The first-order valence-electron chi connectivity index (χ1n) is 6.58. The Hall–Kier alpha value is -1.70. The van der Waals surface area contributed by atoms with E-state index in [2.05, 4.69) is 11.2 Å². The van der Waals surface area contributed by atoms with E-state index in [9.17, 15) is 9.59 Å². The summed E-state index contributed by atoms with van der Waals surface area (Å²) >= 11 is 0. The van der Waals surface area contributed by atoms with E-state index in [0.717, 1.165) is 6.42 Å². The molecule has 0 rings (SSSR count). The maximum Gasteiger partial charge on any atom is 0.318 e. The first-order chi connectivity index (χ1) is 8.90. The van der Waals surface area contributed by atoms with Crippen LogP contribution in [-0.2, 0) is 4.79 Å². The number of amides is 2. The molecule has 2 N–H and O–H groups in total. The molecule has 0 aliphatic carbocycles. The van der Waals surface area contributed by atoms with E-state index in [0.29, 0.717) is 19.0 Å². The zero-order chi connectivity index (χ0) is 14.8. The van der Waals surface area contributed by atoms with E-state index in [1.54, 1.807) is 0 Å². The minimum Gasteiger partial charge on any atom is -0.481 e. The van der Waals surface area contributed by atoms with Crippen molar-refractivity contribution in [3.8, 4) is 12.3 Å². The average molecular weight is 268 g/mol. The van der Waals surface area contributed by atoms with Crippen LogP contribution in [0, 0.1) is 24.2 Å². The summed E-state index contributed by atoms with van der Waals surface area (Å²) in [6, 6.07) is -0.236. The predicted molar refractivity (Wildman–Crippen MR) is 74.7 cm³/mol. The van der Waals surface area contributed by atoms with Gasteiger partial charge in [0.05, 0.1) is 6.54 Å². The van der Waals surface area contributed by atoms with Gasteiger partial charge in [0.1, 0.15) is 0 Å². The maximum absolute atomic E-state index is 11.8. The average Bonchev–Trinajstić information content (AvgIpc) is 2.31. The first-order valence-corrected chi connectivity index (χ1v) is 6.58. The monoisotopic (exact) mass is 268 g/mol. The zero-order valence-electron chi connectivity index (χ0n) is 12.0. The highest BCUT2D eigenvalue weighted by atomic mass is 16.4. The van der Waals surface area contributed by atoms with E-state index >= 15 is 0 Å². The van der Waals surface area contributed by atoms with Gasteiger partial charge in [-0.05, 0) is 25.2 Å². The minimum absolute atomic E-state index is 0.0500. The molecule has 0 unspecified atom stereocenters. The summed E-state index contributed by atoms with van der Waals surface area (Å²) in [5, 5.41) is 11.6. The molecular formula is C14H24N2O3. The van der Waals surface area contributed by atoms with Crippen LogP contribution in [0.25, 0.3) is 0 Å². The fourth-order valence-electron chi connectivity index (χ4n) is 1.93. The van der Waals surface area contributed by atoms with Gasteiger partial charge in [0.2, 0.25) is 0 Å². The van der Waals surface area contributed by atoms with Crippen molar-refractivity contribution >= 4 is 12.0 Å². The Morgan fingerprint density at radius 2 is 2.05 bits per heavy atom. The summed E-state index contributed by atoms with van der Waals surface area (Å²) < 4.78 is 0. The number of hydrogen-bond acceptors (Lipinski definition) is 2. The molecule has 0 radical (unpaired) electrons. The molecule has 0 heterocycles. The topological polar surface area (TPSA) is 69.6 Å². The van der Waals surface area contributed by atoms with Crippen molar-refractivity contribution in [1.82, 2.24) is 10.2 Å². The molecule has 0 aromatic rings. The van der Waals surface area contributed by atoms with Crippen molar-refractivity contribution in [2.75, 3.05) is 19.6 Å². The van der Waals surface area contributed by atoms with Crippen molar-refractivity contribution in [3.05, 3.63) is 0 Å². The largest absolute Gasteiger partial charge is 0.481 e. The number of hydrogen-bond donors (Lipinski definition) is 2. The number of carbonyl (C=O) groups is 2. The van der Waals surface area contributed by atoms with Crippen molar-refractivity contribution in [2.24, 2.45) is 11.8 Å². The Bertz CT molecular complexity index is 334. The second kappa shape index (κ2) is 9.26. The highest BCUT2D eigenvalue weighted by Gasteiger charge is 2.17. The molecule has 5 nitrogen and oxygen atoms in total. The van der Waals surface area contributed by atoms with Gasteiger partial charge in [0, 0.05) is 19.5 Å². The van der Waals surface area contributed by atoms with Crippen molar-refractivity contribution in [2.45, 2.75) is 33.6 Å². The molecule has 0 aromatic carbocycles. The second-order valence-corrected chi connectivity index (χ2v) is 5.00. The molecule has 0 fully saturated rings.